The minimum Gasteiger partial charge on any atom is -0.399 e. The Morgan fingerprint density at radius 1 is 1.36 bits per heavy atom. The number of nitrogen functional groups attached to an aromatic ring is 1. The smallest absolute Gasteiger partial charge is 0.0316 e. The maximum Gasteiger partial charge on any atom is 0.0316 e. The molecule has 2 rings (SSSR count). The first-order valence-corrected chi connectivity index (χ1v) is 5.39. The van der Waals surface area contributed by atoms with Gasteiger partial charge < -0.3 is 5.73 Å². The molecule has 0 atom stereocenters. The highest BCUT2D eigenvalue weighted by Crippen LogP contribution is 2.21. The number of hydrogen-bond acceptors (Lipinski definition) is 2. The number of fused-ring (bicyclic) bond motifs is 1. The largest absolute Gasteiger partial charge is 0.399 e. The lowest BCUT2D eigenvalue weighted by molar-refractivity contribution is 0.255. The van der Waals surface area contributed by atoms with Gasteiger partial charge >= 0.3 is 0 Å². The van der Waals surface area contributed by atoms with Crippen LogP contribution in [-0.4, -0.2) is 18.0 Å². The average Bonchev–Trinajstić information content (AvgIpc) is 2.19. The molecule has 0 amide bonds. The molecule has 1 aliphatic heterocycles. The van der Waals surface area contributed by atoms with Gasteiger partial charge in [-0.25, -0.2) is 0 Å². The molecule has 76 valence electrons. The van der Waals surface area contributed by atoms with Gasteiger partial charge in [-0.3, -0.25) is 4.90 Å². The Balaban J connectivity index is 2.15. The molecule has 1 heterocycles. The molecule has 0 radical (unpaired) electrons. The van der Waals surface area contributed by atoms with Crippen LogP contribution < -0.4 is 5.73 Å². The van der Waals surface area contributed by atoms with Gasteiger partial charge in [-0.2, -0.15) is 0 Å². The zero-order chi connectivity index (χ0) is 9.97. The Morgan fingerprint density at radius 2 is 2.21 bits per heavy atom. The number of hydrogen-bond donors (Lipinski definition) is 1. The van der Waals surface area contributed by atoms with Gasteiger partial charge in [0.05, 0.1) is 0 Å². The van der Waals surface area contributed by atoms with Gasteiger partial charge in [0, 0.05) is 18.8 Å². The maximum absolute atomic E-state index is 5.76. The monoisotopic (exact) mass is 190 g/mol. The highest BCUT2D eigenvalue weighted by atomic mass is 15.1. The van der Waals surface area contributed by atoms with Crippen LogP contribution in [0.3, 0.4) is 0 Å². The first kappa shape index (κ1) is 9.53. The standard InChI is InChI=1S/C12H18N2/c1-2-6-14-7-5-10-8-12(13)4-3-11(10)9-14/h3-4,8H,2,5-7,9,13H2,1H3. The molecule has 0 bridgehead atoms. The lowest BCUT2D eigenvalue weighted by Crippen LogP contribution is -2.31. The lowest BCUT2D eigenvalue weighted by Gasteiger charge is -2.28. The second-order valence-electron chi connectivity index (χ2n) is 4.05. The molecule has 0 fully saturated rings. The second-order valence-corrected chi connectivity index (χ2v) is 4.05. The van der Waals surface area contributed by atoms with Crippen LogP contribution in [-0.2, 0) is 13.0 Å². The highest BCUT2D eigenvalue weighted by molar-refractivity contribution is 5.45. The van der Waals surface area contributed by atoms with E-state index in [1.54, 1.807) is 0 Å². The molecule has 0 aromatic heterocycles. The van der Waals surface area contributed by atoms with Crippen molar-refractivity contribution in [1.82, 2.24) is 4.90 Å². The van der Waals surface area contributed by atoms with Crippen molar-refractivity contribution < 1.29 is 0 Å². The quantitative estimate of drug-likeness (QED) is 0.723. The summed E-state index contributed by atoms with van der Waals surface area (Å²) in [6.45, 7) is 5.73. The maximum atomic E-state index is 5.76. The lowest BCUT2D eigenvalue weighted by atomic mass is 9.99. The zero-order valence-corrected chi connectivity index (χ0v) is 8.79. The van der Waals surface area contributed by atoms with E-state index in [9.17, 15) is 0 Å². The SMILES string of the molecule is CCCN1CCc2cc(N)ccc2C1. The topological polar surface area (TPSA) is 29.3 Å². The van der Waals surface area contributed by atoms with E-state index in [2.05, 4.69) is 24.0 Å². The van der Waals surface area contributed by atoms with Crippen molar-refractivity contribution in [1.29, 1.82) is 0 Å². The predicted molar refractivity (Wildman–Crippen MR) is 60.1 cm³/mol. The van der Waals surface area contributed by atoms with Crippen molar-refractivity contribution in [2.24, 2.45) is 0 Å². The minimum absolute atomic E-state index is 0.896. The molecule has 1 aromatic rings. The summed E-state index contributed by atoms with van der Waals surface area (Å²) in [4.78, 5) is 2.51. The number of nitrogens with zero attached hydrogens (tertiary/aromatic N) is 1. The molecule has 0 saturated heterocycles. The molecule has 2 heteroatoms. The molecule has 14 heavy (non-hydrogen) atoms. The summed E-state index contributed by atoms with van der Waals surface area (Å²) in [7, 11) is 0. The van der Waals surface area contributed by atoms with Gasteiger partial charge in [-0.05, 0) is 42.6 Å². The van der Waals surface area contributed by atoms with Crippen molar-refractivity contribution in [2.75, 3.05) is 18.8 Å². The Hall–Kier alpha value is -1.02. The summed E-state index contributed by atoms with van der Waals surface area (Å²) in [6.07, 6.45) is 2.39. The van der Waals surface area contributed by atoms with E-state index < -0.39 is 0 Å². The first-order valence-electron chi connectivity index (χ1n) is 5.39. The summed E-state index contributed by atoms with van der Waals surface area (Å²) in [5, 5.41) is 0. The normalized spacial score (nSPS) is 16.6. The van der Waals surface area contributed by atoms with Crippen LogP contribution in [0.15, 0.2) is 18.2 Å². The molecular weight excluding hydrogens is 172 g/mol. The van der Waals surface area contributed by atoms with E-state index in [1.807, 2.05) is 6.07 Å². The van der Waals surface area contributed by atoms with Crippen LogP contribution in [0.1, 0.15) is 24.5 Å². The summed E-state index contributed by atoms with van der Waals surface area (Å²) in [5.41, 5.74) is 9.56. The van der Waals surface area contributed by atoms with E-state index in [4.69, 9.17) is 5.73 Å². The Labute approximate surface area is 85.7 Å². The number of nitrogens with two attached hydrogens (primary N) is 1. The third kappa shape index (κ3) is 1.90. The Bertz CT molecular complexity index is 320. The number of rotatable bonds is 2. The van der Waals surface area contributed by atoms with Gasteiger partial charge in [0.15, 0.2) is 0 Å². The summed E-state index contributed by atoms with van der Waals surface area (Å²) >= 11 is 0. The van der Waals surface area contributed by atoms with Crippen LogP contribution in [0, 0.1) is 0 Å². The minimum atomic E-state index is 0.896. The fourth-order valence-corrected chi connectivity index (χ4v) is 2.14. The molecule has 0 saturated carbocycles. The zero-order valence-electron chi connectivity index (χ0n) is 8.79. The second kappa shape index (κ2) is 4.01. The molecular formula is C12H18N2. The average molecular weight is 190 g/mol. The van der Waals surface area contributed by atoms with Gasteiger partial charge in [0.25, 0.3) is 0 Å². The Morgan fingerprint density at radius 3 is 3.00 bits per heavy atom. The van der Waals surface area contributed by atoms with Crippen molar-refractivity contribution in [3.63, 3.8) is 0 Å². The van der Waals surface area contributed by atoms with Crippen molar-refractivity contribution >= 4 is 5.69 Å². The van der Waals surface area contributed by atoms with Crippen LogP contribution in [0.25, 0.3) is 0 Å². The van der Waals surface area contributed by atoms with Gasteiger partial charge in [-0.1, -0.05) is 13.0 Å². The summed E-state index contributed by atoms with van der Waals surface area (Å²) in [5.74, 6) is 0. The first-order chi connectivity index (χ1) is 6.79. The third-order valence-corrected chi connectivity index (χ3v) is 2.86. The number of benzene rings is 1. The molecule has 1 aromatic carbocycles. The molecule has 0 aliphatic carbocycles. The van der Waals surface area contributed by atoms with E-state index in [1.165, 1.54) is 30.6 Å². The van der Waals surface area contributed by atoms with E-state index >= 15 is 0 Å². The van der Waals surface area contributed by atoms with Crippen molar-refractivity contribution in [3.05, 3.63) is 29.3 Å². The molecule has 2 nitrogen and oxygen atoms in total. The van der Waals surface area contributed by atoms with Crippen LogP contribution in [0.2, 0.25) is 0 Å². The van der Waals surface area contributed by atoms with Crippen LogP contribution >= 0.6 is 0 Å². The molecule has 2 N–H and O–H groups in total. The highest BCUT2D eigenvalue weighted by Gasteiger charge is 2.14. The fraction of sp³-hybridized carbons (Fsp3) is 0.500. The molecule has 0 unspecified atom stereocenters. The van der Waals surface area contributed by atoms with E-state index in [0.717, 1.165) is 18.7 Å². The van der Waals surface area contributed by atoms with Gasteiger partial charge in [0.1, 0.15) is 0 Å². The fourth-order valence-electron chi connectivity index (χ4n) is 2.14. The van der Waals surface area contributed by atoms with Crippen LogP contribution in [0.5, 0.6) is 0 Å². The predicted octanol–water partition coefficient (Wildman–Crippen LogP) is 2.04. The van der Waals surface area contributed by atoms with Gasteiger partial charge in [-0.15, -0.1) is 0 Å². The summed E-state index contributed by atoms with van der Waals surface area (Å²) in [6, 6.07) is 6.30. The molecule has 0 spiro atoms. The van der Waals surface area contributed by atoms with Crippen molar-refractivity contribution in [2.45, 2.75) is 26.3 Å². The number of anilines is 1. The van der Waals surface area contributed by atoms with Crippen molar-refractivity contribution in [3.8, 4) is 0 Å². The molecule has 1 aliphatic rings. The van der Waals surface area contributed by atoms with E-state index in [-0.39, 0.29) is 0 Å². The Kier molecular flexibility index (Phi) is 2.73. The van der Waals surface area contributed by atoms with Crippen LogP contribution in [0.4, 0.5) is 5.69 Å². The van der Waals surface area contributed by atoms with Gasteiger partial charge in [0.2, 0.25) is 0 Å². The summed E-state index contributed by atoms with van der Waals surface area (Å²) < 4.78 is 0. The van der Waals surface area contributed by atoms with E-state index in [0.29, 0.717) is 0 Å². The third-order valence-electron chi connectivity index (χ3n) is 2.86.